The van der Waals surface area contributed by atoms with Crippen LogP contribution in [0.25, 0.3) is 5.69 Å². The smallest absolute Gasteiger partial charge is 0.123 e. The molecule has 0 spiro atoms. The number of aromatic nitrogens is 2. The summed E-state index contributed by atoms with van der Waals surface area (Å²) in [5.41, 5.74) is 2.43. The van der Waals surface area contributed by atoms with Gasteiger partial charge in [-0.05, 0) is 31.2 Å². The standard InChI is InChI=1S/C12H9FN2/c1-3-10-8-14-15(9(10)2)12-6-4-11(13)5-7-12/h1,4-8H,2H3. The highest BCUT2D eigenvalue weighted by atomic mass is 19.1. The summed E-state index contributed by atoms with van der Waals surface area (Å²) in [6.07, 6.45) is 6.93. The maximum atomic E-state index is 12.7. The molecule has 0 amide bonds. The van der Waals surface area contributed by atoms with Crippen molar-refractivity contribution < 1.29 is 4.39 Å². The molecule has 0 aliphatic carbocycles. The molecular weight excluding hydrogens is 191 g/mol. The average molecular weight is 200 g/mol. The maximum Gasteiger partial charge on any atom is 0.123 e. The summed E-state index contributed by atoms with van der Waals surface area (Å²) in [5.74, 6) is 2.28. The Labute approximate surface area is 87.4 Å². The molecule has 0 bridgehead atoms. The Morgan fingerprint density at radius 3 is 2.53 bits per heavy atom. The highest BCUT2D eigenvalue weighted by Gasteiger charge is 2.05. The lowest BCUT2D eigenvalue weighted by atomic mass is 10.2. The van der Waals surface area contributed by atoms with Crippen molar-refractivity contribution in [3.63, 3.8) is 0 Å². The van der Waals surface area contributed by atoms with E-state index in [-0.39, 0.29) is 5.82 Å². The van der Waals surface area contributed by atoms with Crippen LogP contribution >= 0.6 is 0 Å². The Morgan fingerprint density at radius 2 is 2.00 bits per heavy atom. The van der Waals surface area contributed by atoms with E-state index in [4.69, 9.17) is 6.42 Å². The van der Waals surface area contributed by atoms with Gasteiger partial charge in [-0.25, -0.2) is 9.07 Å². The predicted octanol–water partition coefficient (Wildman–Crippen LogP) is 2.30. The Morgan fingerprint density at radius 1 is 1.33 bits per heavy atom. The van der Waals surface area contributed by atoms with Gasteiger partial charge in [0.2, 0.25) is 0 Å². The van der Waals surface area contributed by atoms with Crippen LogP contribution in [0, 0.1) is 25.1 Å². The van der Waals surface area contributed by atoms with Crippen LogP contribution in [0.5, 0.6) is 0 Å². The Balaban J connectivity index is 2.51. The molecular formula is C12H9FN2. The van der Waals surface area contributed by atoms with Gasteiger partial charge in [0.15, 0.2) is 0 Å². The number of rotatable bonds is 1. The van der Waals surface area contributed by atoms with Crippen molar-refractivity contribution in [2.24, 2.45) is 0 Å². The van der Waals surface area contributed by atoms with Crippen LogP contribution in [0.2, 0.25) is 0 Å². The second-order valence-electron chi connectivity index (χ2n) is 3.18. The lowest BCUT2D eigenvalue weighted by molar-refractivity contribution is 0.627. The van der Waals surface area contributed by atoms with Crippen molar-refractivity contribution in [3.05, 3.63) is 47.5 Å². The van der Waals surface area contributed by atoms with Crippen LogP contribution in [0.4, 0.5) is 4.39 Å². The SMILES string of the molecule is C#Cc1cnn(-c2ccc(F)cc2)c1C. The van der Waals surface area contributed by atoms with E-state index >= 15 is 0 Å². The minimum absolute atomic E-state index is 0.263. The van der Waals surface area contributed by atoms with E-state index in [1.165, 1.54) is 12.1 Å². The van der Waals surface area contributed by atoms with Gasteiger partial charge in [-0.1, -0.05) is 5.92 Å². The zero-order valence-electron chi connectivity index (χ0n) is 8.24. The highest BCUT2D eigenvalue weighted by molar-refractivity contribution is 5.40. The molecule has 0 aliphatic heterocycles. The Kier molecular flexibility index (Phi) is 2.26. The number of hydrogen-bond acceptors (Lipinski definition) is 1. The number of nitrogens with zero attached hydrogens (tertiary/aromatic N) is 2. The maximum absolute atomic E-state index is 12.7. The molecule has 15 heavy (non-hydrogen) atoms. The second kappa shape index (κ2) is 3.58. The monoisotopic (exact) mass is 200 g/mol. The first-order valence-corrected chi connectivity index (χ1v) is 4.49. The van der Waals surface area contributed by atoms with Crippen LogP contribution in [0.3, 0.4) is 0 Å². The lowest BCUT2D eigenvalue weighted by Crippen LogP contribution is -1.98. The van der Waals surface area contributed by atoms with Gasteiger partial charge in [0, 0.05) is 0 Å². The van der Waals surface area contributed by atoms with E-state index in [0.717, 1.165) is 16.9 Å². The van der Waals surface area contributed by atoms with E-state index in [0.29, 0.717) is 0 Å². The predicted molar refractivity (Wildman–Crippen MR) is 56.2 cm³/mol. The normalized spacial score (nSPS) is 9.93. The molecule has 74 valence electrons. The molecule has 0 unspecified atom stereocenters. The Hall–Kier alpha value is -2.08. The van der Waals surface area contributed by atoms with E-state index in [2.05, 4.69) is 11.0 Å². The van der Waals surface area contributed by atoms with E-state index in [1.807, 2.05) is 6.92 Å². The fraction of sp³-hybridized carbons (Fsp3) is 0.0833. The van der Waals surface area contributed by atoms with Crippen LogP contribution in [-0.4, -0.2) is 9.78 Å². The van der Waals surface area contributed by atoms with E-state index in [9.17, 15) is 4.39 Å². The van der Waals surface area contributed by atoms with Gasteiger partial charge in [-0.15, -0.1) is 6.42 Å². The number of halogens is 1. The highest BCUT2D eigenvalue weighted by Crippen LogP contribution is 2.13. The molecule has 1 aromatic carbocycles. The molecule has 1 heterocycles. The zero-order valence-corrected chi connectivity index (χ0v) is 8.24. The third-order valence-corrected chi connectivity index (χ3v) is 2.24. The third kappa shape index (κ3) is 1.62. The molecule has 2 nitrogen and oxygen atoms in total. The Bertz CT molecular complexity index is 518. The summed E-state index contributed by atoms with van der Waals surface area (Å²) in [5, 5.41) is 4.14. The van der Waals surface area contributed by atoms with Crippen LogP contribution < -0.4 is 0 Å². The molecule has 0 fully saturated rings. The minimum atomic E-state index is -0.263. The molecule has 0 aliphatic rings. The van der Waals surface area contributed by atoms with Crippen LogP contribution in [-0.2, 0) is 0 Å². The van der Waals surface area contributed by atoms with Gasteiger partial charge < -0.3 is 0 Å². The van der Waals surface area contributed by atoms with Crippen molar-refractivity contribution >= 4 is 0 Å². The topological polar surface area (TPSA) is 17.8 Å². The van der Waals surface area contributed by atoms with Crippen molar-refractivity contribution in [1.29, 1.82) is 0 Å². The summed E-state index contributed by atoms with van der Waals surface area (Å²) in [7, 11) is 0. The van der Waals surface area contributed by atoms with Gasteiger partial charge >= 0.3 is 0 Å². The summed E-state index contributed by atoms with van der Waals surface area (Å²) < 4.78 is 14.4. The van der Waals surface area contributed by atoms with Crippen molar-refractivity contribution in [2.75, 3.05) is 0 Å². The molecule has 2 rings (SSSR count). The lowest BCUT2D eigenvalue weighted by Gasteiger charge is -2.03. The molecule has 0 saturated heterocycles. The van der Waals surface area contributed by atoms with Gasteiger partial charge in [-0.3, -0.25) is 0 Å². The zero-order chi connectivity index (χ0) is 10.8. The summed E-state index contributed by atoms with van der Waals surface area (Å²) in [6, 6.07) is 6.11. The van der Waals surface area contributed by atoms with E-state index in [1.54, 1.807) is 23.0 Å². The fourth-order valence-corrected chi connectivity index (χ4v) is 1.39. The first-order valence-electron chi connectivity index (χ1n) is 4.49. The molecule has 1 aromatic heterocycles. The van der Waals surface area contributed by atoms with Crippen LogP contribution in [0.1, 0.15) is 11.3 Å². The van der Waals surface area contributed by atoms with Gasteiger partial charge in [0.1, 0.15) is 5.82 Å². The fourth-order valence-electron chi connectivity index (χ4n) is 1.39. The van der Waals surface area contributed by atoms with E-state index < -0.39 is 0 Å². The molecule has 0 radical (unpaired) electrons. The molecule has 2 aromatic rings. The van der Waals surface area contributed by atoms with Crippen molar-refractivity contribution in [1.82, 2.24) is 9.78 Å². The second-order valence-corrected chi connectivity index (χ2v) is 3.18. The minimum Gasteiger partial charge on any atom is -0.237 e. The molecule has 3 heteroatoms. The molecule has 0 N–H and O–H groups in total. The quantitative estimate of drug-likeness (QED) is 0.646. The molecule has 0 atom stereocenters. The number of benzene rings is 1. The average Bonchev–Trinajstić information content (AvgIpc) is 2.61. The number of hydrogen-bond donors (Lipinski definition) is 0. The van der Waals surface area contributed by atoms with Gasteiger partial charge in [0.05, 0.1) is 23.1 Å². The largest absolute Gasteiger partial charge is 0.237 e. The van der Waals surface area contributed by atoms with Crippen LogP contribution in [0.15, 0.2) is 30.5 Å². The first kappa shape index (κ1) is 9.47. The first-order chi connectivity index (χ1) is 7.22. The van der Waals surface area contributed by atoms with Crippen molar-refractivity contribution in [2.45, 2.75) is 6.92 Å². The van der Waals surface area contributed by atoms with Crippen molar-refractivity contribution in [3.8, 4) is 18.0 Å². The summed E-state index contributed by atoms with van der Waals surface area (Å²) in [6.45, 7) is 1.88. The van der Waals surface area contributed by atoms with Gasteiger partial charge in [0.25, 0.3) is 0 Å². The molecule has 0 saturated carbocycles. The summed E-state index contributed by atoms with van der Waals surface area (Å²) in [4.78, 5) is 0. The number of terminal acetylenes is 1. The van der Waals surface area contributed by atoms with Gasteiger partial charge in [-0.2, -0.15) is 5.10 Å². The third-order valence-electron chi connectivity index (χ3n) is 2.24. The summed E-state index contributed by atoms with van der Waals surface area (Å²) >= 11 is 0.